The SMILES string of the molecule is CNC(Cc1ccccc1)c1ccc2c(c1)CC(=O)N2C. The first-order valence-corrected chi connectivity index (χ1v) is 7.29. The summed E-state index contributed by atoms with van der Waals surface area (Å²) in [6.07, 6.45) is 1.46. The van der Waals surface area contributed by atoms with Crippen molar-refractivity contribution in [2.75, 3.05) is 19.0 Å². The molecule has 108 valence electrons. The molecule has 3 heteroatoms. The zero-order valence-corrected chi connectivity index (χ0v) is 12.5. The van der Waals surface area contributed by atoms with Crippen LogP contribution in [0.3, 0.4) is 0 Å². The molecule has 1 N–H and O–H groups in total. The minimum atomic E-state index is 0.172. The lowest BCUT2D eigenvalue weighted by Gasteiger charge is -2.18. The summed E-state index contributed by atoms with van der Waals surface area (Å²) in [5.74, 6) is 0.172. The number of hydrogen-bond donors (Lipinski definition) is 1. The van der Waals surface area contributed by atoms with Gasteiger partial charge in [-0.2, -0.15) is 0 Å². The number of hydrogen-bond acceptors (Lipinski definition) is 2. The van der Waals surface area contributed by atoms with Gasteiger partial charge < -0.3 is 10.2 Å². The van der Waals surface area contributed by atoms with Gasteiger partial charge in [-0.1, -0.05) is 42.5 Å². The Bertz CT molecular complexity index is 652. The average molecular weight is 280 g/mol. The fourth-order valence-electron chi connectivity index (χ4n) is 2.94. The maximum absolute atomic E-state index is 11.8. The number of anilines is 1. The number of amides is 1. The Kier molecular flexibility index (Phi) is 3.76. The Hall–Kier alpha value is -2.13. The standard InChI is InChI=1S/C18H20N2O/c1-19-16(10-13-6-4-3-5-7-13)14-8-9-17-15(11-14)12-18(21)20(17)2/h3-9,11,16,19H,10,12H2,1-2H3. The number of benzene rings is 2. The first-order valence-electron chi connectivity index (χ1n) is 7.29. The van der Waals surface area contributed by atoms with Gasteiger partial charge >= 0.3 is 0 Å². The zero-order chi connectivity index (χ0) is 14.8. The van der Waals surface area contributed by atoms with Crippen molar-refractivity contribution in [3.05, 3.63) is 65.2 Å². The Labute approximate surface area is 125 Å². The molecule has 1 heterocycles. The van der Waals surface area contributed by atoms with Gasteiger partial charge in [0, 0.05) is 18.8 Å². The van der Waals surface area contributed by atoms with Gasteiger partial charge in [0.15, 0.2) is 0 Å². The van der Waals surface area contributed by atoms with Gasteiger partial charge in [0.05, 0.1) is 6.42 Å². The molecule has 0 aromatic heterocycles. The third-order valence-electron chi connectivity index (χ3n) is 4.21. The normalized spacial score (nSPS) is 15.1. The molecular formula is C18H20N2O. The summed E-state index contributed by atoms with van der Waals surface area (Å²) in [6.45, 7) is 0. The molecule has 0 bridgehead atoms. The third-order valence-corrected chi connectivity index (χ3v) is 4.21. The lowest BCUT2D eigenvalue weighted by Crippen LogP contribution is -2.20. The molecule has 1 amide bonds. The molecule has 0 saturated heterocycles. The number of nitrogens with one attached hydrogen (secondary N) is 1. The van der Waals surface area contributed by atoms with Gasteiger partial charge in [0.2, 0.25) is 5.91 Å². The topological polar surface area (TPSA) is 32.3 Å². The molecule has 0 saturated carbocycles. The Morgan fingerprint density at radius 3 is 2.67 bits per heavy atom. The second kappa shape index (κ2) is 5.70. The quantitative estimate of drug-likeness (QED) is 0.934. The summed E-state index contributed by atoms with van der Waals surface area (Å²) < 4.78 is 0. The van der Waals surface area contributed by atoms with Crippen molar-refractivity contribution in [3.8, 4) is 0 Å². The smallest absolute Gasteiger partial charge is 0.231 e. The van der Waals surface area contributed by atoms with Crippen molar-refractivity contribution in [1.82, 2.24) is 5.32 Å². The van der Waals surface area contributed by atoms with E-state index in [9.17, 15) is 4.79 Å². The van der Waals surface area contributed by atoms with Crippen molar-refractivity contribution in [2.24, 2.45) is 0 Å². The lowest BCUT2D eigenvalue weighted by atomic mass is 9.97. The van der Waals surface area contributed by atoms with Crippen LogP contribution in [0.15, 0.2) is 48.5 Å². The molecule has 0 spiro atoms. The van der Waals surface area contributed by atoms with Crippen LogP contribution in [-0.2, 0) is 17.6 Å². The van der Waals surface area contributed by atoms with Gasteiger partial charge in [-0.25, -0.2) is 0 Å². The van der Waals surface area contributed by atoms with Gasteiger partial charge in [-0.05, 0) is 36.2 Å². The van der Waals surface area contributed by atoms with Crippen LogP contribution in [0.4, 0.5) is 5.69 Å². The highest BCUT2D eigenvalue weighted by atomic mass is 16.2. The van der Waals surface area contributed by atoms with Gasteiger partial charge in [-0.15, -0.1) is 0 Å². The van der Waals surface area contributed by atoms with Crippen molar-refractivity contribution in [2.45, 2.75) is 18.9 Å². The molecule has 1 aliphatic heterocycles. The summed E-state index contributed by atoms with van der Waals surface area (Å²) >= 11 is 0. The predicted molar refractivity (Wildman–Crippen MR) is 85.5 cm³/mol. The van der Waals surface area contributed by atoms with Crippen molar-refractivity contribution in [3.63, 3.8) is 0 Å². The molecule has 3 rings (SSSR count). The summed E-state index contributed by atoms with van der Waals surface area (Å²) in [7, 11) is 3.82. The van der Waals surface area contributed by atoms with Crippen LogP contribution in [0.25, 0.3) is 0 Å². The van der Waals surface area contributed by atoms with Crippen LogP contribution in [0.2, 0.25) is 0 Å². The molecule has 3 nitrogen and oxygen atoms in total. The zero-order valence-electron chi connectivity index (χ0n) is 12.5. The minimum Gasteiger partial charge on any atom is -0.315 e. The van der Waals surface area contributed by atoms with Crippen LogP contribution in [0, 0.1) is 0 Å². The van der Waals surface area contributed by atoms with Crippen LogP contribution >= 0.6 is 0 Å². The van der Waals surface area contributed by atoms with Crippen LogP contribution in [0.5, 0.6) is 0 Å². The molecule has 21 heavy (non-hydrogen) atoms. The highest BCUT2D eigenvalue weighted by Crippen LogP contribution is 2.30. The van der Waals surface area contributed by atoms with Gasteiger partial charge in [0.1, 0.15) is 0 Å². The molecular weight excluding hydrogens is 260 g/mol. The van der Waals surface area contributed by atoms with E-state index in [0.717, 1.165) is 17.7 Å². The van der Waals surface area contributed by atoms with E-state index in [1.54, 1.807) is 4.90 Å². The largest absolute Gasteiger partial charge is 0.315 e. The monoisotopic (exact) mass is 280 g/mol. The number of rotatable bonds is 4. The van der Waals surface area contributed by atoms with Crippen molar-refractivity contribution >= 4 is 11.6 Å². The number of carbonyl (C=O) groups is 1. The van der Waals surface area contributed by atoms with Gasteiger partial charge in [0.25, 0.3) is 0 Å². The van der Waals surface area contributed by atoms with E-state index in [1.807, 2.05) is 20.2 Å². The van der Waals surface area contributed by atoms with Gasteiger partial charge in [-0.3, -0.25) is 4.79 Å². The van der Waals surface area contributed by atoms with Crippen molar-refractivity contribution in [1.29, 1.82) is 0 Å². The van der Waals surface area contributed by atoms with Crippen LogP contribution < -0.4 is 10.2 Å². The summed E-state index contributed by atoms with van der Waals surface area (Å²) in [5, 5.41) is 3.38. The summed E-state index contributed by atoms with van der Waals surface area (Å²) in [4.78, 5) is 13.5. The molecule has 1 aliphatic rings. The first-order chi connectivity index (χ1) is 10.2. The molecule has 0 aliphatic carbocycles. The summed E-state index contributed by atoms with van der Waals surface area (Å²) in [5.41, 5.74) is 4.72. The van der Waals surface area contributed by atoms with E-state index in [-0.39, 0.29) is 11.9 Å². The lowest BCUT2D eigenvalue weighted by molar-refractivity contribution is -0.117. The molecule has 0 fully saturated rings. The number of fused-ring (bicyclic) bond motifs is 1. The summed E-state index contributed by atoms with van der Waals surface area (Å²) in [6, 6.07) is 17.1. The maximum Gasteiger partial charge on any atom is 0.231 e. The van der Waals surface area contributed by atoms with Crippen molar-refractivity contribution < 1.29 is 4.79 Å². The van der Waals surface area contributed by atoms with E-state index in [1.165, 1.54) is 11.1 Å². The number of carbonyl (C=O) groups excluding carboxylic acids is 1. The number of likely N-dealkylation sites (N-methyl/N-ethyl adjacent to an activating group) is 2. The van der Waals surface area contributed by atoms with Crippen LogP contribution in [0.1, 0.15) is 22.7 Å². The van der Waals surface area contributed by atoms with E-state index in [2.05, 4.69) is 47.8 Å². The Morgan fingerprint density at radius 1 is 1.19 bits per heavy atom. The molecule has 1 atom stereocenters. The molecule has 2 aromatic carbocycles. The van der Waals surface area contributed by atoms with E-state index in [4.69, 9.17) is 0 Å². The maximum atomic E-state index is 11.8. The predicted octanol–water partition coefficient (Wildman–Crippen LogP) is 2.71. The Balaban J connectivity index is 1.86. The second-order valence-electron chi connectivity index (χ2n) is 5.55. The van der Waals surface area contributed by atoms with E-state index >= 15 is 0 Å². The fraction of sp³-hybridized carbons (Fsp3) is 0.278. The van der Waals surface area contributed by atoms with Crippen LogP contribution in [-0.4, -0.2) is 20.0 Å². The fourth-order valence-corrected chi connectivity index (χ4v) is 2.94. The highest BCUT2D eigenvalue weighted by Gasteiger charge is 2.24. The molecule has 0 radical (unpaired) electrons. The highest BCUT2D eigenvalue weighted by molar-refractivity contribution is 6.00. The first kappa shape index (κ1) is 13.8. The van der Waals surface area contributed by atoms with E-state index in [0.29, 0.717) is 6.42 Å². The molecule has 1 unspecified atom stereocenters. The molecule has 2 aromatic rings. The average Bonchev–Trinajstić information content (AvgIpc) is 2.80. The Morgan fingerprint density at radius 2 is 1.95 bits per heavy atom. The second-order valence-corrected chi connectivity index (χ2v) is 5.55. The third kappa shape index (κ3) is 2.69. The minimum absolute atomic E-state index is 0.172. The number of nitrogens with zero attached hydrogens (tertiary/aromatic N) is 1. The van der Waals surface area contributed by atoms with E-state index < -0.39 is 0 Å².